The summed E-state index contributed by atoms with van der Waals surface area (Å²) in [4.78, 5) is 13.0. The molecule has 8 nitrogen and oxygen atoms in total. The molecule has 0 bridgehead atoms. The van der Waals surface area contributed by atoms with Gasteiger partial charge in [-0.1, -0.05) is 59.6 Å². The number of anilines is 3. The van der Waals surface area contributed by atoms with Crippen LogP contribution in [0.2, 0.25) is 10.0 Å². The third-order valence-electron chi connectivity index (χ3n) is 5.96. The van der Waals surface area contributed by atoms with Gasteiger partial charge in [-0.15, -0.1) is 0 Å². The van der Waals surface area contributed by atoms with Gasteiger partial charge in [0.05, 0.1) is 26.2 Å². The molecule has 0 atom stereocenters. The number of nitrogens with one attached hydrogen (secondary N) is 2. The molecule has 4 aromatic carbocycles. The van der Waals surface area contributed by atoms with Gasteiger partial charge in [-0.2, -0.15) is 0 Å². The van der Waals surface area contributed by atoms with Crippen molar-refractivity contribution in [3.63, 3.8) is 0 Å². The van der Waals surface area contributed by atoms with Crippen LogP contribution in [-0.2, 0) is 24.8 Å². The zero-order chi connectivity index (χ0) is 29.1. The van der Waals surface area contributed by atoms with Crippen molar-refractivity contribution >= 4 is 66.2 Å². The lowest BCUT2D eigenvalue weighted by Crippen LogP contribution is -2.38. The summed E-state index contributed by atoms with van der Waals surface area (Å²) in [5.41, 5.74) is 2.41. The Kier molecular flexibility index (Phi) is 8.74. The van der Waals surface area contributed by atoms with Gasteiger partial charge >= 0.3 is 0 Å². The highest BCUT2D eigenvalue weighted by molar-refractivity contribution is 7.93. The Morgan fingerprint density at radius 1 is 0.775 bits per heavy atom. The van der Waals surface area contributed by atoms with E-state index in [0.717, 1.165) is 15.4 Å². The van der Waals surface area contributed by atoms with Gasteiger partial charge < -0.3 is 5.32 Å². The number of para-hydroxylation sites is 1. The van der Waals surface area contributed by atoms with Crippen LogP contribution in [0.3, 0.4) is 0 Å². The van der Waals surface area contributed by atoms with E-state index in [0.29, 0.717) is 10.7 Å². The summed E-state index contributed by atoms with van der Waals surface area (Å²) in [6.07, 6.45) is 0. The molecule has 0 aliphatic carbocycles. The molecule has 4 rings (SSSR count). The maximum absolute atomic E-state index is 13.5. The summed E-state index contributed by atoms with van der Waals surface area (Å²) in [5.74, 6) is -0.671. The highest BCUT2D eigenvalue weighted by Crippen LogP contribution is 2.33. The summed E-state index contributed by atoms with van der Waals surface area (Å²) >= 11 is 12.3. The van der Waals surface area contributed by atoms with E-state index < -0.39 is 32.5 Å². The first kappa shape index (κ1) is 29.4. The fourth-order valence-corrected chi connectivity index (χ4v) is 7.14. The topological polar surface area (TPSA) is 113 Å². The molecule has 40 heavy (non-hydrogen) atoms. The predicted molar refractivity (Wildman–Crippen MR) is 159 cm³/mol. The molecule has 0 radical (unpaired) electrons. The molecule has 0 aliphatic heterocycles. The van der Waals surface area contributed by atoms with Crippen LogP contribution >= 0.6 is 23.2 Å². The second kappa shape index (κ2) is 11.9. The standard InChI is InChI=1S/C28H25Cl2N3O5S2/c1-19-7-6-8-20(2)28(19)32-39(35,36)23-14-12-22(13-15-23)31-27(34)18-33(26-16-11-21(29)17-25(26)30)40(37,38)24-9-4-3-5-10-24/h3-17,32H,18H2,1-2H3,(H,31,34). The van der Waals surface area contributed by atoms with Gasteiger partial charge in [-0.25, -0.2) is 16.8 Å². The van der Waals surface area contributed by atoms with Crippen LogP contribution in [0.5, 0.6) is 0 Å². The minimum Gasteiger partial charge on any atom is -0.325 e. The van der Waals surface area contributed by atoms with Crippen molar-refractivity contribution in [2.45, 2.75) is 23.6 Å². The van der Waals surface area contributed by atoms with Crippen LogP contribution < -0.4 is 14.3 Å². The maximum Gasteiger partial charge on any atom is 0.264 e. The van der Waals surface area contributed by atoms with E-state index in [-0.39, 0.29) is 26.2 Å². The normalized spacial score (nSPS) is 11.6. The van der Waals surface area contributed by atoms with E-state index in [2.05, 4.69) is 10.0 Å². The number of benzene rings is 4. The van der Waals surface area contributed by atoms with Crippen molar-refractivity contribution in [1.29, 1.82) is 0 Å². The SMILES string of the molecule is Cc1cccc(C)c1NS(=O)(=O)c1ccc(NC(=O)CN(c2ccc(Cl)cc2Cl)S(=O)(=O)c2ccccc2)cc1. The molecular formula is C28H25Cl2N3O5S2. The number of amides is 1. The van der Waals surface area contributed by atoms with Crippen LogP contribution in [0.15, 0.2) is 101 Å². The van der Waals surface area contributed by atoms with Crippen molar-refractivity contribution in [2.75, 3.05) is 20.9 Å². The summed E-state index contributed by atoms with van der Waals surface area (Å²) in [5, 5.41) is 2.96. The fourth-order valence-electron chi connectivity index (χ4n) is 3.92. The summed E-state index contributed by atoms with van der Waals surface area (Å²) in [7, 11) is -8.07. The number of carbonyl (C=O) groups excluding carboxylic acids is 1. The monoisotopic (exact) mass is 617 g/mol. The highest BCUT2D eigenvalue weighted by atomic mass is 35.5. The molecule has 0 aliphatic rings. The first-order chi connectivity index (χ1) is 18.9. The van der Waals surface area contributed by atoms with E-state index in [4.69, 9.17) is 23.2 Å². The number of hydrogen-bond donors (Lipinski definition) is 2. The Morgan fingerprint density at radius 3 is 2.00 bits per heavy atom. The Morgan fingerprint density at radius 2 is 1.40 bits per heavy atom. The van der Waals surface area contributed by atoms with Gasteiger partial charge in [-0.3, -0.25) is 13.8 Å². The lowest BCUT2D eigenvalue weighted by Gasteiger charge is -2.25. The van der Waals surface area contributed by atoms with Crippen LogP contribution in [0.1, 0.15) is 11.1 Å². The molecule has 2 N–H and O–H groups in total. The summed E-state index contributed by atoms with van der Waals surface area (Å²) < 4.78 is 56.4. The van der Waals surface area contributed by atoms with Crippen molar-refractivity contribution in [3.8, 4) is 0 Å². The van der Waals surface area contributed by atoms with E-state index in [1.165, 1.54) is 54.6 Å². The molecule has 1 amide bonds. The van der Waals surface area contributed by atoms with E-state index in [1.54, 1.807) is 18.2 Å². The molecular weight excluding hydrogens is 593 g/mol. The van der Waals surface area contributed by atoms with Crippen molar-refractivity contribution in [3.05, 3.63) is 112 Å². The minimum atomic E-state index is -4.18. The van der Waals surface area contributed by atoms with Crippen molar-refractivity contribution < 1.29 is 21.6 Å². The number of halogens is 2. The third-order valence-corrected chi connectivity index (χ3v) is 9.64. The molecule has 208 valence electrons. The largest absolute Gasteiger partial charge is 0.325 e. The van der Waals surface area contributed by atoms with Crippen LogP contribution in [0.4, 0.5) is 17.1 Å². The Hall–Kier alpha value is -3.57. The molecule has 4 aromatic rings. The molecule has 0 unspecified atom stereocenters. The number of aryl methyl sites for hydroxylation is 2. The molecule has 0 fully saturated rings. The zero-order valence-electron chi connectivity index (χ0n) is 21.4. The first-order valence-electron chi connectivity index (χ1n) is 11.9. The zero-order valence-corrected chi connectivity index (χ0v) is 24.6. The van der Waals surface area contributed by atoms with Crippen LogP contribution in [-0.4, -0.2) is 29.3 Å². The summed E-state index contributed by atoms with van der Waals surface area (Å²) in [6.45, 7) is 3.01. The lowest BCUT2D eigenvalue weighted by atomic mass is 10.1. The van der Waals surface area contributed by atoms with Crippen LogP contribution in [0, 0.1) is 13.8 Å². The average Bonchev–Trinajstić information content (AvgIpc) is 2.91. The van der Waals surface area contributed by atoms with Crippen LogP contribution in [0.25, 0.3) is 0 Å². The molecule has 0 spiro atoms. The van der Waals surface area contributed by atoms with E-state index in [1.807, 2.05) is 32.0 Å². The highest BCUT2D eigenvalue weighted by Gasteiger charge is 2.29. The number of sulfonamides is 2. The predicted octanol–water partition coefficient (Wildman–Crippen LogP) is 6.25. The Bertz CT molecular complexity index is 1740. The van der Waals surface area contributed by atoms with E-state index >= 15 is 0 Å². The molecule has 12 heteroatoms. The smallest absolute Gasteiger partial charge is 0.264 e. The fraction of sp³-hybridized carbons (Fsp3) is 0.107. The number of nitrogens with zero attached hydrogens (tertiary/aromatic N) is 1. The number of rotatable bonds is 9. The Balaban J connectivity index is 1.56. The molecule has 0 saturated carbocycles. The van der Waals surface area contributed by atoms with Gasteiger partial charge in [0.1, 0.15) is 6.54 Å². The third kappa shape index (κ3) is 6.59. The summed E-state index contributed by atoms with van der Waals surface area (Å²) in [6, 6.07) is 22.9. The second-order valence-electron chi connectivity index (χ2n) is 8.87. The Labute approximate surface area is 243 Å². The van der Waals surface area contributed by atoms with Gasteiger partial charge in [0.15, 0.2) is 0 Å². The number of carbonyl (C=O) groups is 1. The average molecular weight is 619 g/mol. The second-order valence-corrected chi connectivity index (χ2v) is 13.3. The first-order valence-corrected chi connectivity index (χ1v) is 15.6. The molecule has 0 aromatic heterocycles. The molecule has 0 heterocycles. The minimum absolute atomic E-state index is 0.00520. The quantitative estimate of drug-likeness (QED) is 0.231. The van der Waals surface area contributed by atoms with Gasteiger partial charge in [0, 0.05) is 10.7 Å². The van der Waals surface area contributed by atoms with Gasteiger partial charge in [-0.05, 0) is 79.6 Å². The van der Waals surface area contributed by atoms with Gasteiger partial charge in [0.25, 0.3) is 20.0 Å². The molecule has 0 saturated heterocycles. The lowest BCUT2D eigenvalue weighted by molar-refractivity contribution is -0.114. The van der Waals surface area contributed by atoms with Gasteiger partial charge in [0.2, 0.25) is 5.91 Å². The number of hydrogen-bond acceptors (Lipinski definition) is 5. The van der Waals surface area contributed by atoms with E-state index in [9.17, 15) is 21.6 Å². The maximum atomic E-state index is 13.5. The van der Waals surface area contributed by atoms with Crippen molar-refractivity contribution in [1.82, 2.24) is 0 Å². The van der Waals surface area contributed by atoms with Crippen molar-refractivity contribution in [2.24, 2.45) is 0 Å².